The standard InChI is InChI=1S/C12H16O3/c1-8-4-6-9(7-5-8)10(13)12(2,3)11(14)15/h4-7,10,13H,1-3H3,(H,14,15)/p-1/t10-/m1/s1. The van der Waals surface area contributed by atoms with Gasteiger partial charge < -0.3 is 15.0 Å². The summed E-state index contributed by atoms with van der Waals surface area (Å²) in [4.78, 5) is 10.8. The molecule has 0 radical (unpaired) electrons. The first-order valence-electron chi connectivity index (χ1n) is 4.82. The van der Waals surface area contributed by atoms with E-state index in [2.05, 4.69) is 0 Å². The second-order valence-electron chi connectivity index (χ2n) is 4.32. The van der Waals surface area contributed by atoms with Gasteiger partial charge in [0.05, 0.1) is 6.10 Å². The van der Waals surface area contributed by atoms with Crippen molar-refractivity contribution in [2.45, 2.75) is 26.9 Å². The van der Waals surface area contributed by atoms with E-state index in [0.29, 0.717) is 5.56 Å². The van der Waals surface area contributed by atoms with Crippen molar-refractivity contribution in [1.29, 1.82) is 0 Å². The molecule has 3 nitrogen and oxygen atoms in total. The highest BCUT2D eigenvalue weighted by Crippen LogP contribution is 2.32. The molecule has 0 aliphatic heterocycles. The second kappa shape index (κ2) is 4.03. The van der Waals surface area contributed by atoms with Crippen LogP contribution in [0.3, 0.4) is 0 Å². The molecule has 0 spiro atoms. The summed E-state index contributed by atoms with van der Waals surface area (Å²) >= 11 is 0. The zero-order chi connectivity index (χ0) is 11.6. The third-order valence-electron chi connectivity index (χ3n) is 2.60. The second-order valence-corrected chi connectivity index (χ2v) is 4.32. The van der Waals surface area contributed by atoms with Crippen LogP contribution in [0.4, 0.5) is 0 Å². The topological polar surface area (TPSA) is 60.4 Å². The van der Waals surface area contributed by atoms with E-state index in [0.717, 1.165) is 5.56 Å². The molecule has 0 saturated heterocycles. The first kappa shape index (κ1) is 11.7. The van der Waals surface area contributed by atoms with Crippen molar-refractivity contribution in [2.24, 2.45) is 5.41 Å². The maximum Gasteiger partial charge on any atom is 0.0893 e. The molecule has 0 bridgehead atoms. The molecular weight excluding hydrogens is 192 g/mol. The van der Waals surface area contributed by atoms with Gasteiger partial charge in [-0.15, -0.1) is 0 Å². The molecular formula is C12H15O3-. The van der Waals surface area contributed by atoms with Crippen molar-refractivity contribution in [2.75, 3.05) is 0 Å². The summed E-state index contributed by atoms with van der Waals surface area (Å²) < 4.78 is 0. The molecule has 0 heterocycles. The van der Waals surface area contributed by atoms with Crippen LogP contribution in [0.25, 0.3) is 0 Å². The lowest BCUT2D eigenvalue weighted by atomic mass is 9.82. The van der Waals surface area contributed by atoms with Gasteiger partial charge in [0, 0.05) is 11.4 Å². The van der Waals surface area contributed by atoms with Crippen LogP contribution in [0, 0.1) is 12.3 Å². The molecule has 0 aromatic heterocycles. The normalized spacial score (nSPS) is 13.6. The quantitative estimate of drug-likeness (QED) is 0.797. The lowest BCUT2D eigenvalue weighted by molar-refractivity contribution is -0.321. The average Bonchev–Trinajstić information content (AvgIpc) is 2.17. The van der Waals surface area contributed by atoms with E-state index >= 15 is 0 Å². The van der Waals surface area contributed by atoms with Gasteiger partial charge >= 0.3 is 0 Å². The number of rotatable bonds is 3. The van der Waals surface area contributed by atoms with Crippen molar-refractivity contribution in [3.8, 4) is 0 Å². The number of aliphatic carboxylic acids is 1. The van der Waals surface area contributed by atoms with Gasteiger partial charge in [0.15, 0.2) is 0 Å². The first-order valence-corrected chi connectivity index (χ1v) is 4.82. The van der Waals surface area contributed by atoms with Crippen LogP contribution in [-0.4, -0.2) is 11.1 Å². The molecule has 0 fully saturated rings. The molecule has 1 atom stereocenters. The fraction of sp³-hybridized carbons (Fsp3) is 0.417. The molecule has 0 aliphatic rings. The Bertz CT molecular complexity index is 352. The molecule has 0 unspecified atom stereocenters. The van der Waals surface area contributed by atoms with Crippen LogP contribution < -0.4 is 5.11 Å². The number of carboxylic acids is 1. The van der Waals surface area contributed by atoms with Gasteiger partial charge in [-0.25, -0.2) is 0 Å². The number of carbonyl (C=O) groups is 1. The highest BCUT2D eigenvalue weighted by atomic mass is 16.4. The number of carbonyl (C=O) groups excluding carboxylic acids is 1. The molecule has 3 heteroatoms. The third-order valence-corrected chi connectivity index (χ3v) is 2.60. The number of aliphatic hydroxyl groups excluding tert-OH is 1. The molecule has 82 valence electrons. The average molecular weight is 207 g/mol. The van der Waals surface area contributed by atoms with Crippen molar-refractivity contribution in [3.05, 3.63) is 35.4 Å². The van der Waals surface area contributed by atoms with Crippen LogP contribution in [0.5, 0.6) is 0 Å². The first-order chi connectivity index (χ1) is 6.85. The summed E-state index contributed by atoms with van der Waals surface area (Å²) in [5.74, 6) is -1.25. The fourth-order valence-corrected chi connectivity index (χ4v) is 1.28. The summed E-state index contributed by atoms with van der Waals surface area (Å²) in [7, 11) is 0. The molecule has 15 heavy (non-hydrogen) atoms. The maximum atomic E-state index is 10.8. The van der Waals surface area contributed by atoms with Crippen LogP contribution >= 0.6 is 0 Å². The Balaban J connectivity index is 2.99. The summed E-state index contributed by atoms with van der Waals surface area (Å²) in [5.41, 5.74) is 0.377. The maximum absolute atomic E-state index is 10.8. The molecule has 0 saturated carbocycles. The minimum atomic E-state index is -1.28. The molecule has 1 rings (SSSR count). The van der Waals surface area contributed by atoms with E-state index in [1.165, 1.54) is 13.8 Å². The lowest BCUT2D eigenvalue weighted by Gasteiger charge is -2.31. The zero-order valence-corrected chi connectivity index (χ0v) is 9.15. The monoisotopic (exact) mass is 207 g/mol. The van der Waals surface area contributed by atoms with Crippen LogP contribution in [0.1, 0.15) is 31.1 Å². The van der Waals surface area contributed by atoms with Gasteiger partial charge in [0.2, 0.25) is 0 Å². The van der Waals surface area contributed by atoms with Crippen LogP contribution in [0.15, 0.2) is 24.3 Å². The van der Waals surface area contributed by atoms with E-state index in [4.69, 9.17) is 0 Å². The molecule has 1 aromatic carbocycles. The third kappa shape index (κ3) is 2.36. The fourth-order valence-electron chi connectivity index (χ4n) is 1.28. The minimum Gasteiger partial charge on any atom is -0.549 e. The molecule has 1 N–H and O–H groups in total. The molecule has 0 amide bonds. The smallest absolute Gasteiger partial charge is 0.0893 e. The van der Waals surface area contributed by atoms with Crippen molar-refractivity contribution < 1.29 is 15.0 Å². The van der Waals surface area contributed by atoms with Gasteiger partial charge in [0.1, 0.15) is 0 Å². The summed E-state index contributed by atoms with van der Waals surface area (Å²) in [6.45, 7) is 4.83. The van der Waals surface area contributed by atoms with Crippen molar-refractivity contribution >= 4 is 5.97 Å². The Kier molecular flexibility index (Phi) is 3.15. The minimum absolute atomic E-state index is 0.592. The predicted octanol–water partition coefficient (Wildman–Crippen LogP) is 0.805. The summed E-state index contributed by atoms with van der Waals surface area (Å²) in [6.07, 6.45) is -1.05. The highest BCUT2D eigenvalue weighted by molar-refractivity contribution is 5.72. The zero-order valence-electron chi connectivity index (χ0n) is 9.15. The van der Waals surface area contributed by atoms with Gasteiger partial charge in [-0.05, 0) is 12.5 Å². The molecule has 1 aromatic rings. The Labute approximate surface area is 89.4 Å². The molecule has 0 aliphatic carbocycles. The Morgan fingerprint density at radius 1 is 1.33 bits per heavy atom. The number of aliphatic hydroxyl groups is 1. The lowest BCUT2D eigenvalue weighted by Crippen LogP contribution is -2.42. The number of aryl methyl sites for hydroxylation is 1. The largest absolute Gasteiger partial charge is 0.549 e. The number of hydrogen-bond donors (Lipinski definition) is 1. The summed E-state index contributed by atoms with van der Waals surface area (Å²) in [6, 6.07) is 7.13. The SMILES string of the molecule is Cc1ccc([C@@H](O)C(C)(C)C(=O)[O-])cc1. The van der Waals surface area contributed by atoms with E-state index in [1.807, 2.05) is 19.1 Å². The van der Waals surface area contributed by atoms with Gasteiger partial charge in [-0.1, -0.05) is 43.7 Å². The van der Waals surface area contributed by atoms with Gasteiger partial charge in [0.25, 0.3) is 0 Å². The van der Waals surface area contributed by atoms with E-state index in [9.17, 15) is 15.0 Å². The highest BCUT2D eigenvalue weighted by Gasteiger charge is 2.30. The van der Waals surface area contributed by atoms with Gasteiger partial charge in [-0.3, -0.25) is 0 Å². The Hall–Kier alpha value is -1.35. The predicted molar refractivity (Wildman–Crippen MR) is 54.9 cm³/mol. The Morgan fingerprint density at radius 3 is 2.20 bits per heavy atom. The van der Waals surface area contributed by atoms with E-state index < -0.39 is 17.5 Å². The Morgan fingerprint density at radius 2 is 1.80 bits per heavy atom. The van der Waals surface area contributed by atoms with Crippen LogP contribution in [0.2, 0.25) is 0 Å². The summed E-state index contributed by atoms with van der Waals surface area (Å²) in [5, 5.41) is 20.7. The van der Waals surface area contributed by atoms with Crippen LogP contribution in [-0.2, 0) is 4.79 Å². The van der Waals surface area contributed by atoms with Crippen molar-refractivity contribution in [1.82, 2.24) is 0 Å². The number of carboxylic acid groups (broad SMARTS) is 1. The van der Waals surface area contributed by atoms with Crippen molar-refractivity contribution in [3.63, 3.8) is 0 Å². The van der Waals surface area contributed by atoms with E-state index in [1.54, 1.807) is 12.1 Å². The van der Waals surface area contributed by atoms with Gasteiger partial charge in [-0.2, -0.15) is 0 Å². The van der Waals surface area contributed by atoms with E-state index in [-0.39, 0.29) is 0 Å². The number of hydrogen-bond acceptors (Lipinski definition) is 3. The number of benzene rings is 1.